The van der Waals surface area contributed by atoms with Gasteiger partial charge in [0.1, 0.15) is 11.0 Å². The van der Waals surface area contributed by atoms with Crippen molar-refractivity contribution in [3.63, 3.8) is 0 Å². The number of imide groups is 1. The Kier molecular flexibility index (Phi) is 7.12. The summed E-state index contributed by atoms with van der Waals surface area (Å²) in [7, 11) is 0. The number of nitrogens with one attached hydrogen (secondary N) is 2. The number of ether oxygens (including phenoxy) is 1. The summed E-state index contributed by atoms with van der Waals surface area (Å²) in [4.78, 5) is 67.4. The third kappa shape index (κ3) is 4.97. The Morgan fingerprint density at radius 3 is 2.55 bits per heavy atom. The molecule has 2 aliphatic rings. The number of carbonyl (C=O) groups excluding carboxylic acids is 3. The van der Waals surface area contributed by atoms with Crippen LogP contribution in [0.1, 0.15) is 21.9 Å². The number of para-hydroxylation sites is 1. The second kappa shape index (κ2) is 10.9. The second-order valence-corrected chi connectivity index (χ2v) is 11.9. The van der Waals surface area contributed by atoms with Gasteiger partial charge < -0.3 is 15.0 Å². The highest BCUT2D eigenvalue weighted by Crippen LogP contribution is 2.54. The molecule has 212 valence electrons. The van der Waals surface area contributed by atoms with Crippen molar-refractivity contribution < 1.29 is 24.0 Å². The fourth-order valence-corrected chi connectivity index (χ4v) is 7.77. The van der Waals surface area contributed by atoms with Gasteiger partial charge in [0.2, 0.25) is 11.8 Å². The van der Waals surface area contributed by atoms with E-state index in [2.05, 4.69) is 10.3 Å². The maximum absolute atomic E-state index is 13.9. The van der Waals surface area contributed by atoms with E-state index in [4.69, 9.17) is 4.74 Å². The number of rotatable bonds is 7. The molecule has 1 fully saturated rings. The van der Waals surface area contributed by atoms with Crippen molar-refractivity contribution in [2.75, 3.05) is 16.8 Å². The summed E-state index contributed by atoms with van der Waals surface area (Å²) < 4.78 is 5.96. The molecule has 1 aromatic heterocycles. The van der Waals surface area contributed by atoms with Crippen LogP contribution in [0.5, 0.6) is 5.75 Å². The number of anilines is 2. The van der Waals surface area contributed by atoms with E-state index >= 15 is 0 Å². The molecule has 3 heterocycles. The van der Waals surface area contributed by atoms with Gasteiger partial charge in [-0.1, -0.05) is 53.4 Å². The van der Waals surface area contributed by atoms with E-state index in [1.54, 1.807) is 30.3 Å². The highest BCUT2D eigenvalue weighted by atomic mass is 32.2. The zero-order valence-electron chi connectivity index (χ0n) is 21.9. The number of amides is 3. The lowest BCUT2D eigenvalue weighted by atomic mass is 9.82. The van der Waals surface area contributed by atoms with Gasteiger partial charge in [-0.15, -0.1) is 0 Å². The number of hydrogen-bond donors (Lipinski definition) is 2. The summed E-state index contributed by atoms with van der Waals surface area (Å²) in [5.74, 6) is -2.62. The highest BCUT2D eigenvalue weighted by Gasteiger charge is 2.56. The molecule has 3 aromatic carbocycles. The molecule has 0 aliphatic carbocycles. The number of non-ortho nitro benzene ring substituents is 1. The van der Waals surface area contributed by atoms with Crippen LogP contribution in [0.15, 0.2) is 82.6 Å². The normalized spacial score (nSPS) is 19.3. The van der Waals surface area contributed by atoms with Crippen LogP contribution in [0.4, 0.5) is 17.1 Å². The van der Waals surface area contributed by atoms with Crippen molar-refractivity contribution in [2.24, 2.45) is 5.92 Å². The van der Waals surface area contributed by atoms with Gasteiger partial charge in [-0.05, 0) is 42.8 Å². The molecule has 3 amide bonds. The molecule has 3 unspecified atom stereocenters. The number of nitro benzene ring substituents is 1. The molecule has 0 radical (unpaired) electrons. The summed E-state index contributed by atoms with van der Waals surface area (Å²) in [6.45, 7) is 1.61. The molecule has 42 heavy (non-hydrogen) atoms. The van der Waals surface area contributed by atoms with Gasteiger partial charge in [0.15, 0.2) is 6.61 Å². The van der Waals surface area contributed by atoms with Gasteiger partial charge in [0, 0.05) is 34.2 Å². The zero-order valence-corrected chi connectivity index (χ0v) is 23.6. The van der Waals surface area contributed by atoms with E-state index in [9.17, 15) is 29.3 Å². The van der Waals surface area contributed by atoms with E-state index in [-0.39, 0.29) is 28.8 Å². The van der Waals surface area contributed by atoms with E-state index in [0.29, 0.717) is 26.9 Å². The van der Waals surface area contributed by atoms with E-state index in [1.807, 2.05) is 25.1 Å². The molecule has 0 spiro atoms. The van der Waals surface area contributed by atoms with Crippen LogP contribution < -0.4 is 19.8 Å². The fraction of sp³-hybridized carbons (Fsp3) is 0.172. The van der Waals surface area contributed by atoms with E-state index < -0.39 is 33.8 Å². The van der Waals surface area contributed by atoms with E-state index in [1.165, 1.54) is 24.3 Å². The van der Waals surface area contributed by atoms with Crippen molar-refractivity contribution in [1.29, 1.82) is 0 Å². The fourth-order valence-electron chi connectivity index (χ4n) is 5.26. The SMILES string of the molecule is Cc1cccc(NC(=O)COc2ccccc2C2c3sc(=O)[nH]c3SC3C(=O)N(c4ccc([N+](=O)[O-])cc4)C(=O)C32)c1. The number of hydrogen-bond acceptors (Lipinski definition) is 9. The van der Waals surface area contributed by atoms with Crippen molar-refractivity contribution >= 4 is 57.9 Å². The Hall–Kier alpha value is -4.75. The van der Waals surface area contributed by atoms with Crippen LogP contribution in [0.2, 0.25) is 0 Å². The number of aromatic amines is 1. The van der Waals surface area contributed by atoms with Crippen LogP contribution in [-0.2, 0) is 14.4 Å². The number of aryl methyl sites for hydroxylation is 1. The molecular weight excluding hydrogens is 580 g/mol. The van der Waals surface area contributed by atoms with Crippen molar-refractivity contribution in [2.45, 2.75) is 23.1 Å². The first-order chi connectivity index (χ1) is 20.2. The van der Waals surface area contributed by atoms with Gasteiger partial charge in [0.05, 0.1) is 21.6 Å². The number of aromatic nitrogens is 1. The van der Waals surface area contributed by atoms with Crippen LogP contribution >= 0.6 is 23.1 Å². The monoisotopic (exact) mass is 602 g/mol. The van der Waals surface area contributed by atoms with Gasteiger partial charge in [0.25, 0.3) is 11.6 Å². The second-order valence-electron chi connectivity index (χ2n) is 9.78. The topological polar surface area (TPSA) is 152 Å². The number of fused-ring (bicyclic) bond motifs is 2. The highest BCUT2D eigenvalue weighted by molar-refractivity contribution is 8.00. The average Bonchev–Trinajstić information content (AvgIpc) is 3.46. The Labute approximate surface area is 246 Å². The predicted molar refractivity (Wildman–Crippen MR) is 157 cm³/mol. The Morgan fingerprint density at radius 1 is 1.05 bits per heavy atom. The Balaban J connectivity index is 1.33. The molecule has 4 aromatic rings. The number of nitro groups is 1. The third-order valence-electron chi connectivity index (χ3n) is 7.06. The minimum absolute atomic E-state index is 0.167. The van der Waals surface area contributed by atoms with Crippen molar-refractivity contribution in [3.05, 3.63) is 109 Å². The molecule has 11 nitrogen and oxygen atoms in total. The van der Waals surface area contributed by atoms with Crippen LogP contribution in [0.3, 0.4) is 0 Å². The van der Waals surface area contributed by atoms with Crippen LogP contribution in [0.25, 0.3) is 0 Å². The third-order valence-corrected chi connectivity index (χ3v) is 9.46. The number of H-pyrrole nitrogens is 1. The molecule has 0 bridgehead atoms. The number of thiazole rings is 1. The summed E-state index contributed by atoms with van der Waals surface area (Å²) >= 11 is 2.08. The summed E-state index contributed by atoms with van der Waals surface area (Å²) in [6.07, 6.45) is 0. The number of carbonyl (C=O) groups is 3. The van der Waals surface area contributed by atoms with Gasteiger partial charge in [-0.2, -0.15) is 0 Å². The molecule has 0 saturated carbocycles. The standard InChI is InChI=1S/C29H22N4O7S2/c1-15-5-4-6-16(13-15)30-21(34)14-40-20-8-3-2-7-19(20)22-23-25(41-26-24(22)42-29(37)31-26)28(36)32(27(23)35)17-9-11-18(12-10-17)33(38)39/h2-13,22-23,25H,14H2,1H3,(H,30,34)(H,31,37). The van der Waals surface area contributed by atoms with Gasteiger partial charge >= 0.3 is 4.87 Å². The van der Waals surface area contributed by atoms with Crippen LogP contribution in [0, 0.1) is 23.0 Å². The number of benzene rings is 3. The summed E-state index contributed by atoms with van der Waals surface area (Å²) in [6, 6.07) is 19.5. The Bertz CT molecular complexity index is 1800. The average molecular weight is 603 g/mol. The van der Waals surface area contributed by atoms with Gasteiger partial charge in [-0.25, -0.2) is 4.90 Å². The molecule has 3 atom stereocenters. The molecule has 1 saturated heterocycles. The maximum atomic E-state index is 13.9. The lowest BCUT2D eigenvalue weighted by molar-refractivity contribution is -0.384. The van der Waals surface area contributed by atoms with Crippen LogP contribution in [-0.4, -0.2) is 39.5 Å². The van der Waals surface area contributed by atoms with Gasteiger partial charge in [-0.3, -0.25) is 29.3 Å². The smallest absolute Gasteiger partial charge is 0.305 e. The molecule has 6 rings (SSSR count). The van der Waals surface area contributed by atoms with Crippen molar-refractivity contribution in [1.82, 2.24) is 4.98 Å². The molecule has 2 aliphatic heterocycles. The number of nitrogens with zero attached hydrogens (tertiary/aromatic N) is 2. The first kappa shape index (κ1) is 27.4. The largest absolute Gasteiger partial charge is 0.483 e. The minimum Gasteiger partial charge on any atom is -0.483 e. The Morgan fingerprint density at radius 2 is 1.81 bits per heavy atom. The maximum Gasteiger partial charge on any atom is 0.305 e. The molecule has 13 heteroatoms. The zero-order chi connectivity index (χ0) is 29.5. The van der Waals surface area contributed by atoms with Crippen molar-refractivity contribution in [3.8, 4) is 5.75 Å². The molecule has 2 N–H and O–H groups in total. The number of thioether (sulfide) groups is 1. The van der Waals surface area contributed by atoms with E-state index in [0.717, 1.165) is 33.6 Å². The lowest BCUT2D eigenvalue weighted by Gasteiger charge is -2.30. The summed E-state index contributed by atoms with van der Waals surface area (Å²) in [5, 5.41) is 13.6. The predicted octanol–water partition coefficient (Wildman–Crippen LogP) is 4.47. The summed E-state index contributed by atoms with van der Waals surface area (Å²) in [5.41, 5.74) is 2.23. The quantitative estimate of drug-likeness (QED) is 0.179. The first-order valence-corrected chi connectivity index (χ1v) is 14.5. The molecular formula is C29H22N4O7S2. The minimum atomic E-state index is -0.887. The lowest BCUT2D eigenvalue weighted by Crippen LogP contribution is -2.32. The first-order valence-electron chi connectivity index (χ1n) is 12.8.